The maximum absolute atomic E-state index is 12.2. The second-order valence-electron chi connectivity index (χ2n) is 6.90. The van der Waals surface area contributed by atoms with Crippen molar-refractivity contribution in [2.24, 2.45) is 0 Å². The molecule has 154 valence electrons. The number of nitrogens with one attached hydrogen (secondary N) is 1. The number of anilines is 1. The molecule has 0 bridgehead atoms. The molecule has 4 aromatic rings. The number of esters is 1. The lowest BCUT2D eigenvalue weighted by atomic mass is 10.0. The molecule has 0 fully saturated rings. The molecule has 0 atom stereocenters. The molecule has 30 heavy (non-hydrogen) atoms. The highest BCUT2D eigenvalue weighted by Crippen LogP contribution is 2.34. The number of imidazole rings is 1. The van der Waals surface area contributed by atoms with E-state index in [1.807, 2.05) is 47.1 Å². The van der Waals surface area contributed by atoms with Gasteiger partial charge >= 0.3 is 5.97 Å². The summed E-state index contributed by atoms with van der Waals surface area (Å²) in [6.45, 7) is 5.20. The van der Waals surface area contributed by atoms with Crippen LogP contribution in [0.2, 0.25) is 0 Å². The van der Waals surface area contributed by atoms with Crippen molar-refractivity contribution < 1.29 is 9.53 Å². The number of thiazole rings is 1. The van der Waals surface area contributed by atoms with Crippen molar-refractivity contribution in [1.82, 2.24) is 14.4 Å². The predicted octanol–water partition coefficient (Wildman–Crippen LogP) is 5.51. The minimum absolute atomic E-state index is 0.303. The highest BCUT2D eigenvalue weighted by atomic mass is 32.1. The van der Waals surface area contributed by atoms with E-state index < -0.39 is 5.97 Å². The highest BCUT2D eigenvalue weighted by Gasteiger charge is 2.17. The van der Waals surface area contributed by atoms with Crippen LogP contribution in [0, 0.1) is 0 Å². The number of rotatable bonds is 8. The maximum Gasteiger partial charge on any atom is 0.358 e. The van der Waals surface area contributed by atoms with E-state index in [0.717, 1.165) is 51.7 Å². The SMILES string of the molecule is CCCCNc1ncc(-c2cc(-c3ccccc3)c3nc(C(=O)OCC)cn3c2)s1. The molecule has 7 heteroatoms. The summed E-state index contributed by atoms with van der Waals surface area (Å²) >= 11 is 1.62. The molecule has 1 aromatic carbocycles. The van der Waals surface area contributed by atoms with Crippen LogP contribution in [0.15, 0.2) is 55.0 Å². The zero-order valence-corrected chi connectivity index (χ0v) is 17.9. The van der Waals surface area contributed by atoms with E-state index in [4.69, 9.17) is 4.74 Å². The minimum atomic E-state index is -0.415. The van der Waals surface area contributed by atoms with Crippen molar-refractivity contribution in [3.05, 3.63) is 60.7 Å². The zero-order chi connectivity index (χ0) is 20.9. The van der Waals surface area contributed by atoms with E-state index in [0.29, 0.717) is 12.3 Å². The molecule has 0 aliphatic rings. The lowest BCUT2D eigenvalue weighted by molar-refractivity contribution is 0.0520. The number of pyridine rings is 1. The van der Waals surface area contributed by atoms with E-state index in [1.165, 1.54) is 0 Å². The first kappa shape index (κ1) is 20.1. The second-order valence-corrected chi connectivity index (χ2v) is 7.93. The van der Waals surface area contributed by atoms with Gasteiger partial charge in [0.05, 0.1) is 11.5 Å². The summed E-state index contributed by atoms with van der Waals surface area (Å²) < 4.78 is 7.03. The van der Waals surface area contributed by atoms with Gasteiger partial charge in [0.2, 0.25) is 0 Å². The maximum atomic E-state index is 12.2. The molecule has 4 rings (SSSR count). The number of hydrogen-bond donors (Lipinski definition) is 1. The summed E-state index contributed by atoms with van der Waals surface area (Å²) in [5.74, 6) is -0.415. The van der Waals surface area contributed by atoms with Crippen LogP contribution in [0.25, 0.3) is 27.2 Å². The fraction of sp³-hybridized carbons (Fsp3) is 0.261. The third-order valence-corrected chi connectivity index (χ3v) is 5.72. The van der Waals surface area contributed by atoms with Crippen LogP contribution in [0.5, 0.6) is 0 Å². The Kier molecular flexibility index (Phi) is 6.09. The molecule has 3 heterocycles. The summed E-state index contributed by atoms with van der Waals surface area (Å²) in [7, 11) is 0. The van der Waals surface area contributed by atoms with Gasteiger partial charge < -0.3 is 14.5 Å². The second kappa shape index (κ2) is 9.09. The van der Waals surface area contributed by atoms with Gasteiger partial charge in [-0.3, -0.25) is 0 Å². The highest BCUT2D eigenvalue weighted by molar-refractivity contribution is 7.18. The van der Waals surface area contributed by atoms with Crippen molar-refractivity contribution in [2.75, 3.05) is 18.5 Å². The quantitative estimate of drug-likeness (QED) is 0.300. The van der Waals surface area contributed by atoms with Gasteiger partial charge in [-0.25, -0.2) is 14.8 Å². The van der Waals surface area contributed by atoms with Gasteiger partial charge in [-0.15, -0.1) is 0 Å². The van der Waals surface area contributed by atoms with Crippen LogP contribution < -0.4 is 5.32 Å². The lowest BCUT2D eigenvalue weighted by Crippen LogP contribution is -2.04. The van der Waals surface area contributed by atoms with Crippen molar-refractivity contribution in [3.63, 3.8) is 0 Å². The Morgan fingerprint density at radius 3 is 2.77 bits per heavy atom. The van der Waals surface area contributed by atoms with Crippen molar-refractivity contribution in [3.8, 4) is 21.6 Å². The van der Waals surface area contributed by atoms with E-state index >= 15 is 0 Å². The fourth-order valence-corrected chi connectivity index (χ4v) is 4.05. The standard InChI is InChI=1S/C23H24N4O2S/c1-3-5-11-24-23-25-13-20(30-23)17-12-18(16-9-7-6-8-10-16)21-26-19(15-27(21)14-17)22(28)29-4-2/h6-10,12-15H,3-5,11H2,1-2H3,(H,24,25). The zero-order valence-electron chi connectivity index (χ0n) is 17.1. The van der Waals surface area contributed by atoms with E-state index in [1.54, 1.807) is 24.5 Å². The smallest absolute Gasteiger partial charge is 0.358 e. The summed E-state index contributed by atoms with van der Waals surface area (Å²) in [4.78, 5) is 22.4. The number of benzene rings is 1. The van der Waals surface area contributed by atoms with Crippen LogP contribution in [0.3, 0.4) is 0 Å². The molecule has 0 radical (unpaired) electrons. The van der Waals surface area contributed by atoms with E-state index in [9.17, 15) is 4.79 Å². The lowest BCUT2D eigenvalue weighted by Gasteiger charge is -2.07. The first-order valence-corrected chi connectivity index (χ1v) is 11.0. The van der Waals surface area contributed by atoms with Gasteiger partial charge in [-0.05, 0) is 25.0 Å². The molecule has 0 unspecified atom stereocenters. The van der Waals surface area contributed by atoms with Gasteiger partial charge in [0.15, 0.2) is 10.8 Å². The number of fused-ring (bicyclic) bond motifs is 1. The van der Waals surface area contributed by atoms with Crippen LogP contribution in [0.1, 0.15) is 37.2 Å². The van der Waals surface area contributed by atoms with Gasteiger partial charge in [0, 0.05) is 36.3 Å². The van der Waals surface area contributed by atoms with Gasteiger partial charge in [-0.1, -0.05) is 55.0 Å². The van der Waals surface area contributed by atoms with Crippen LogP contribution in [0.4, 0.5) is 5.13 Å². The summed E-state index contributed by atoms with van der Waals surface area (Å²) in [6, 6.07) is 12.2. The summed E-state index contributed by atoms with van der Waals surface area (Å²) in [5, 5.41) is 4.29. The number of unbranched alkanes of at least 4 members (excludes halogenated alkanes) is 1. The minimum Gasteiger partial charge on any atom is -0.461 e. The fourth-order valence-electron chi connectivity index (χ4n) is 3.23. The van der Waals surface area contributed by atoms with E-state index in [2.05, 4.69) is 28.3 Å². The monoisotopic (exact) mass is 420 g/mol. The molecule has 0 aliphatic carbocycles. The third-order valence-electron chi connectivity index (χ3n) is 4.72. The normalized spacial score (nSPS) is 11.0. The molecule has 0 amide bonds. The average Bonchev–Trinajstić information content (AvgIpc) is 3.41. The Labute approximate surface area is 179 Å². The Hall–Kier alpha value is -3.19. The molecule has 0 spiro atoms. The molecule has 0 saturated heterocycles. The van der Waals surface area contributed by atoms with Crippen LogP contribution in [-0.4, -0.2) is 33.5 Å². The van der Waals surface area contributed by atoms with Gasteiger partial charge in [0.25, 0.3) is 0 Å². The predicted molar refractivity (Wildman–Crippen MR) is 121 cm³/mol. The first-order valence-electron chi connectivity index (χ1n) is 10.1. The molecule has 0 aliphatic heterocycles. The Morgan fingerprint density at radius 2 is 2.00 bits per heavy atom. The van der Waals surface area contributed by atoms with Gasteiger partial charge in [0.1, 0.15) is 5.65 Å². The summed E-state index contributed by atoms with van der Waals surface area (Å²) in [6.07, 6.45) is 7.86. The van der Waals surface area contributed by atoms with Crippen molar-refractivity contribution >= 4 is 28.1 Å². The number of carbonyl (C=O) groups excluding carboxylic acids is 1. The third kappa shape index (κ3) is 4.21. The van der Waals surface area contributed by atoms with E-state index in [-0.39, 0.29) is 0 Å². The largest absolute Gasteiger partial charge is 0.461 e. The number of carbonyl (C=O) groups is 1. The average molecular weight is 421 g/mol. The summed E-state index contributed by atoms with van der Waals surface area (Å²) in [5.41, 5.74) is 4.04. The number of ether oxygens (including phenoxy) is 1. The number of hydrogen-bond acceptors (Lipinski definition) is 6. The molecular formula is C23H24N4O2S. The van der Waals surface area contributed by atoms with Crippen molar-refractivity contribution in [1.29, 1.82) is 0 Å². The molecule has 0 saturated carbocycles. The molecule has 3 aromatic heterocycles. The van der Waals surface area contributed by atoms with Crippen LogP contribution in [-0.2, 0) is 4.74 Å². The van der Waals surface area contributed by atoms with Crippen LogP contribution >= 0.6 is 11.3 Å². The number of nitrogens with zero attached hydrogens (tertiary/aromatic N) is 3. The Bertz CT molecular complexity index is 1150. The first-order chi connectivity index (χ1) is 14.7. The Balaban J connectivity index is 1.78. The molecule has 6 nitrogen and oxygen atoms in total. The van der Waals surface area contributed by atoms with Crippen molar-refractivity contribution in [2.45, 2.75) is 26.7 Å². The number of aromatic nitrogens is 3. The molecular weight excluding hydrogens is 396 g/mol. The Morgan fingerprint density at radius 1 is 1.17 bits per heavy atom. The molecule has 1 N–H and O–H groups in total. The van der Waals surface area contributed by atoms with Gasteiger partial charge in [-0.2, -0.15) is 0 Å². The topological polar surface area (TPSA) is 68.5 Å².